The van der Waals surface area contributed by atoms with Gasteiger partial charge in [0.25, 0.3) is 0 Å². The third-order valence-electron chi connectivity index (χ3n) is 2.23. The number of benzene rings is 1. The zero-order valence-corrected chi connectivity index (χ0v) is 7.08. The maximum Gasteiger partial charge on any atom is 0.133 e. The van der Waals surface area contributed by atoms with Gasteiger partial charge in [-0.2, -0.15) is 0 Å². The van der Waals surface area contributed by atoms with E-state index in [2.05, 4.69) is 0 Å². The van der Waals surface area contributed by atoms with Crippen molar-refractivity contribution in [1.29, 1.82) is 0 Å². The van der Waals surface area contributed by atoms with Gasteiger partial charge in [0, 0.05) is 6.42 Å². The lowest BCUT2D eigenvalue weighted by atomic mass is 10.0. The van der Waals surface area contributed by atoms with Gasteiger partial charge in [0.2, 0.25) is 0 Å². The maximum atomic E-state index is 9.07. The fourth-order valence-corrected chi connectivity index (χ4v) is 1.54. The first-order chi connectivity index (χ1) is 5.73. The van der Waals surface area contributed by atoms with Crippen LogP contribution in [0.2, 0.25) is 0 Å². The molecule has 2 nitrogen and oxygen atoms in total. The van der Waals surface area contributed by atoms with Crippen LogP contribution < -0.4 is 4.74 Å². The van der Waals surface area contributed by atoms with Crippen molar-refractivity contribution in [3.63, 3.8) is 0 Å². The summed E-state index contributed by atoms with van der Waals surface area (Å²) >= 11 is 0. The van der Waals surface area contributed by atoms with Crippen LogP contribution in [0, 0.1) is 0 Å². The Balaban J connectivity index is 2.33. The van der Waals surface area contributed by atoms with Gasteiger partial charge in [0.15, 0.2) is 0 Å². The van der Waals surface area contributed by atoms with E-state index in [0.717, 1.165) is 12.2 Å². The summed E-state index contributed by atoms with van der Waals surface area (Å²) in [4.78, 5) is 0. The lowest BCUT2D eigenvalue weighted by Crippen LogP contribution is -2.34. The van der Waals surface area contributed by atoms with Gasteiger partial charge < -0.3 is 9.84 Å². The van der Waals surface area contributed by atoms with Gasteiger partial charge in [-0.05, 0) is 18.6 Å². The molecule has 0 spiro atoms. The Labute approximate surface area is 71.8 Å². The lowest BCUT2D eigenvalue weighted by Gasteiger charge is -2.20. The highest BCUT2D eigenvalue weighted by Crippen LogP contribution is 2.33. The molecule has 2 heteroatoms. The quantitative estimate of drug-likeness (QED) is 0.679. The number of aliphatic hydroxyl groups is 1. The van der Waals surface area contributed by atoms with E-state index in [1.807, 2.05) is 31.2 Å². The highest BCUT2D eigenvalue weighted by Gasteiger charge is 2.33. The standard InChI is InChI=1S/C10H12O2/c1-10(7-11)6-8-4-2-3-5-9(8)12-10/h2-5,11H,6-7H2,1H3. The second-order valence-corrected chi connectivity index (χ2v) is 3.49. The Kier molecular flexibility index (Phi) is 1.58. The fraction of sp³-hybridized carbons (Fsp3) is 0.400. The van der Waals surface area contributed by atoms with Gasteiger partial charge in [-0.15, -0.1) is 0 Å². The van der Waals surface area contributed by atoms with Crippen molar-refractivity contribution in [3.8, 4) is 5.75 Å². The normalized spacial score (nSPS) is 26.5. The molecule has 1 heterocycles. The summed E-state index contributed by atoms with van der Waals surface area (Å²) < 4.78 is 5.59. The van der Waals surface area contributed by atoms with Crippen LogP contribution >= 0.6 is 0 Å². The number of hydrogen-bond acceptors (Lipinski definition) is 2. The summed E-state index contributed by atoms with van der Waals surface area (Å²) in [6.45, 7) is 1.99. The van der Waals surface area contributed by atoms with E-state index < -0.39 is 5.60 Å². The number of fused-ring (bicyclic) bond motifs is 1. The molecule has 0 saturated carbocycles. The second kappa shape index (κ2) is 2.49. The largest absolute Gasteiger partial charge is 0.485 e. The zero-order valence-electron chi connectivity index (χ0n) is 7.08. The molecule has 0 amide bonds. The lowest BCUT2D eigenvalue weighted by molar-refractivity contribution is 0.0446. The van der Waals surface area contributed by atoms with Crippen molar-refractivity contribution < 1.29 is 9.84 Å². The number of hydrogen-bond donors (Lipinski definition) is 1. The van der Waals surface area contributed by atoms with Crippen molar-refractivity contribution in [3.05, 3.63) is 29.8 Å². The van der Waals surface area contributed by atoms with Crippen LogP contribution in [0.5, 0.6) is 5.75 Å². The summed E-state index contributed by atoms with van der Waals surface area (Å²) in [6, 6.07) is 7.92. The van der Waals surface area contributed by atoms with E-state index in [4.69, 9.17) is 9.84 Å². The van der Waals surface area contributed by atoms with E-state index >= 15 is 0 Å². The fourth-order valence-electron chi connectivity index (χ4n) is 1.54. The van der Waals surface area contributed by atoms with Crippen LogP contribution in [0.3, 0.4) is 0 Å². The van der Waals surface area contributed by atoms with E-state index in [1.165, 1.54) is 5.56 Å². The van der Waals surface area contributed by atoms with Gasteiger partial charge in [-0.25, -0.2) is 0 Å². The van der Waals surface area contributed by atoms with E-state index in [0.29, 0.717) is 0 Å². The van der Waals surface area contributed by atoms with Gasteiger partial charge in [0.1, 0.15) is 11.4 Å². The number of rotatable bonds is 1. The molecule has 0 aliphatic carbocycles. The first-order valence-corrected chi connectivity index (χ1v) is 4.11. The molecule has 12 heavy (non-hydrogen) atoms. The smallest absolute Gasteiger partial charge is 0.133 e. The first-order valence-electron chi connectivity index (χ1n) is 4.11. The minimum Gasteiger partial charge on any atom is -0.485 e. The number of ether oxygens (including phenoxy) is 1. The summed E-state index contributed by atoms with van der Waals surface area (Å²) in [6.07, 6.45) is 0.805. The highest BCUT2D eigenvalue weighted by molar-refractivity contribution is 5.38. The monoisotopic (exact) mass is 164 g/mol. The summed E-state index contributed by atoms with van der Waals surface area (Å²) in [5, 5.41) is 9.07. The Morgan fingerprint density at radius 2 is 2.25 bits per heavy atom. The summed E-state index contributed by atoms with van der Waals surface area (Å²) in [7, 11) is 0. The molecule has 2 rings (SSSR count). The molecule has 1 N–H and O–H groups in total. The summed E-state index contributed by atoms with van der Waals surface area (Å²) in [5.41, 5.74) is 0.790. The Hall–Kier alpha value is -1.02. The van der Waals surface area contributed by atoms with Gasteiger partial charge in [-0.3, -0.25) is 0 Å². The minimum absolute atomic E-state index is 0.0711. The van der Waals surface area contributed by atoms with E-state index in [9.17, 15) is 0 Å². The van der Waals surface area contributed by atoms with Gasteiger partial charge >= 0.3 is 0 Å². The zero-order chi connectivity index (χ0) is 8.60. The minimum atomic E-state index is -0.399. The Morgan fingerprint density at radius 1 is 1.50 bits per heavy atom. The van der Waals surface area contributed by atoms with Crippen molar-refractivity contribution >= 4 is 0 Å². The van der Waals surface area contributed by atoms with Crippen LogP contribution in [-0.4, -0.2) is 17.3 Å². The van der Waals surface area contributed by atoms with Crippen molar-refractivity contribution in [2.24, 2.45) is 0 Å². The molecule has 0 radical (unpaired) electrons. The predicted molar refractivity (Wildman–Crippen MR) is 46.3 cm³/mol. The number of aliphatic hydroxyl groups excluding tert-OH is 1. The molecule has 0 fully saturated rings. The van der Waals surface area contributed by atoms with Crippen molar-refractivity contribution in [1.82, 2.24) is 0 Å². The molecule has 0 aromatic heterocycles. The molecule has 1 aliphatic heterocycles. The van der Waals surface area contributed by atoms with E-state index in [-0.39, 0.29) is 6.61 Å². The molecule has 1 aromatic carbocycles. The third-order valence-corrected chi connectivity index (χ3v) is 2.23. The molecule has 1 aliphatic rings. The molecular weight excluding hydrogens is 152 g/mol. The Morgan fingerprint density at radius 3 is 2.92 bits per heavy atom. The third kappa shape index (κ3) is 1.08. The Bertz CT molecular complexity index is 269. The van der Waals surface area contributed by atoms with Crippen LogP contribution in [0.15, 0.2) is 24.3 Å². The molecule has 0 bridgehead atoms. The average molecular weight is 164 g/mol. The predicted octanol–water partition coefficient (Wildman–Crippen LogP) is 1.37. The molecule has 1 atom stereocenters. The molecule has 1 unspecified atom stereocenters. The van der Waals surface area contributed by atoms with Gasteiger partial charge in [-0.1, -0.05) is 18.2 Å². The van der Waals surface area contributed by atoms with Crippen molar-refractivity contribution in [2.45, 2.75) is 18.9 Å². The van der Waals surface area contributed by atoms with Crippen molar-refractivity contribution in [2.75, 3.05) is 6.61 Å². The molecule has 1 aromatic rings. The number of para-hydroxylation sites is 1. The maximum absolute atomic E-state index is 9.07. The topological polar surface area (TPSA) is 29.5 Å². The van der Waals surface area contributed by atoms with Crippen LogP contribution in [0.1, 0.15) is 12.5 Å². The molecule has 64 valence electrons. The van der Waals surface area contributed by atoms with Gasteiger partial charge in [0.05, 0.1) is 6.61 Å². The second-order valence-electron chi connectivity index (χ2n) is 3.49. The van der Waals surface area contributed by atoms with Crippen LogP contribution in [0.4, 0.5) is 0 Å². The molecule has 0 saturated heterocycles. The van der Waals surface area contributed by atoms with Crippen LogP contribution in [0.25, 0.3) is 0 Å². The molecular formula is C10H12O2. The summed E-state index contributed by atoms with van der Waals surface area (Å²) in [5.74, 6) is 0.911. The van der Waals surface area contributed by atoms with Crippen LogP contribution in [-0.2, 0) is 6.42 Å². The average Bonchev–Trinajstić information content (AvgIpc) is 2.42. The first kappa shape index (κ1) is 7.62. The SMILES string of the molecule is CC1(CO)Cc2ccccc2O1. The van der Waals surface area contributed by atoms with E-state index in [1.54, 1.807) is 0 Å². The highest BCUT2D eigenvalue weighted by atomic mass is 16.5.